The van der Waals surface area contributed by atoms with Crippen molar-refractivity contribution in [2.45, 2.75) is 38.1 Å². The average molecular weight is 276 g/mol. The molecule has 1 aliphatic heterocycles. The van der Waals surface area contributed by atoms with E-state index in [0.717, 1.165) is 38.0 Å². The van der Waals surface area contributed by atoms with Crippen LogP contribution in [0.15, 0.2) is 12.4 Å². The number of anilines is 1. The predicted molar refractivity (Wildman–Crippen MR) is 79.2 cm³/mol. The van der Waals surface area contributed by atoms with Crippen LogP contribution < -0.4 is 9.64 Å². The van der Waals surface area contributed by atoms with Gasteiger partial charge in [0.2, 0.25) is 5.88 Å². The van der Waals surface area contributed by atoms with Gasteiger partial charge in [0.05, 0.1) is 19.5 Å². The molecular weight excluding hydrogens is 252 g/mol. The number of methoxy groups -OCH3 is 1. The highest BCUT2D eigenvalue weighted by Gasteiger charge is 2.25. The van der Waals surface area contributed by atoms with Crippen LogP contribution in [0.4, 0.5) is 5.82 Å². The van der Waals surface area contributed by atoms with Crippen LogP contribution in [0.2, 0.25) is 0 Å². The Hall–Kier alpha value is -1.36. The zero-order valence-corrected chi connectivity index (χ0v) is 12.3. The van der Waals surface area contributed by atoms with Crippen LogP contribution in [0.5, 0.6) is 5.88 Å². The van der Waals surface area contributed by atoms with Crippen LogP contribution >= 0.6 is 0 Å². The van der Waals surface area contributed by atoms with E-state index in [4.69, 9.17) is 4.74 Å². The van der Waals surface area contributed by atoms with E-state index < -0.39 is 0 Å². The van der Waals surface area contributed by atoms with Crippen molar-refractivity contribution in [3.63, 3.8) is 0 Å². The van der Waals surface area contributed by atoms with Crippen LogP contribution in [0.25, 0.3) is 0 Å². The van der Waals surface area contributed by atoms with Gasteiger partial charge in [0.25, 0.3) is 0 Å². The fourth-order valence-electron chi connectivity index (χ4n) is 3.35. The molecule has 0 N–H and O–H groups in total. The molecule has 0 bridgehead atoms. The van der Waals surface area contributed by atoms with E-state index in [0.29, 0.717) is 5.88 Å². The largest absolute Gasteiger partial charge is 0.480 e. The first kappa shape index (κ1) is 13.6. The summed E-state index contributed by atoms with van der Waals surface area (Å²) < 4.78 is 5.15. The zero-order chi connectivity index (χ0) is 13.8. The summed E-state index contributed by atoms with van der Waals surface area (Å²) in [5.74, 6) is 1.53. The predicted octanol–water partition coefficient (Wildman–Crippen LogP) is 1.94. The standard InChI is InChI=1S/C15H24N4O/c1-20-15-12-16-11-14(17-15)19-9-7-18(8-10-19)13-5-3-2-4-6-13/h11-13H,2-10H2,1H3. The van der Waals surface area contributed by atoms with Gasteiger partial charge in [-0.3, -0.25) is 9.88 Å². The van der Waals surface area contributed by atoms with Gasteiger partial charge >= 0.3 is 0 Å². The molecular formula is C15H24N4O. The normalized spacial score (nSPS) is 21.9. The van der Waals surface area contributed by atoms with Gasteiger partial charge < -0.3 is 9.64 Å². The number of hydrogen-bond donors (Lipinski definition) is 0. The summed E-state index contributed by atoms with van der Waals surface area (Å²) in [6, 6.07) is 0.822. The Balaban J connectivity index is 1.57. The van der Waals surface area contributed by atoms with Crippen molar-refractivity contribution in [1.29, 1.82) is 0 Å². The topological polar surface area (TPSA) is 41.5 Å². The fraction of sp³-hybridized carbons (Fsp3) is 0.733. The van der Waals surface area contributed by atoms with Gasteiger partial charge in [0.1, 0.15) is 0 Å². The summed E-state index contributed by atoms with van der Waals surface area (Å²) in [5, 5.41) is 0. The summed E-state index contributed by atoms with van der Waals surface area (Å²) in [5.41, 5.74) is 0. The zero-order valence-electron chi connectivity index (χ0n) is 12.3. The highest BCUT2D eigenvalue weighted by Crippen LogP contribution is 2.24. The molecule has 1 aromatic heterocycles. The highest BCUT2D eigenvalue weighted by molar-refractivity contribution is 5.38. The van der Waals surface area contributed by atoms with Crippen molar-refractivity contribution in [2.24, 2.45) is 0 Å². The molecule has 2 aliphatic rings. The highest BCUT2D eigenvalue weighted by atomic mass is 16.5. The molecule has 0 radical (unpaired) electrons. The average Bonchev–Trinajstić information content (AvgIpc) is 2.56. The molecule has 1 aromatic rings. The van der Waals surface area contributed by atoms with Crippen molar-refractivity contribution >= 4 is 5.82 Å². The number of aromatic nitrogens is 2. The molecule has 2 heterocycles. The lowest BCUT2D eigenvalue weighted by Crippen LogP contribution is -2.51. The molecule has 0 aromatic carbocycles. The molecule has 20 heavy (non-hydrogen) atoms. The number of ether oxygens (including phenoxy) is 1. The molecule has 5 nitrogen and oxygen atoms in total. The van der Waals surface area contributed by atoms with Gasteiger partial charge in [-0.05, 0) is 12.8 Å². The molecule has 5 heteroatoms. The molecule has 3 rings (SSSR count). The molecule has 2 fully saturated rings. The quantitative estimate of drug-likeness (QED) is 0.844. The van der Waals surface area contributed by atoms with Crippen LogP contribution in [0, 0.1) is 0 Å². The van der Waals surface area contributed by atoms with Crippen LogP contribution in [-0.4, -0.2) is 54.2 Å². The molecule has 0 unspecified atom stereocenters. The van der Waals surface area contributed by atoms with Crippen LogP contribution in [-0.2, 0) is 0 Å². The lowest BCUT2D eigenvalue weighted by molar-refractivity contribution is 0.147. The number of piperazine rings is 1. The van der Waals surface area contributed by atoms with Crippen molar-refractivity contribution in [3.8, 4) is 5.88 Å². The van der Waals surface area contributed by atoms with Crippen LogP contribution in [0.3, 0.4) is 0 Å². The lowest BCUT2D eigenvalue weighted by Gasteiger charge is -2.41. The Bertz CT molecular complexity index is 426. The maximum absolute atomic E-state index is 5.15. The number of hydrogen-bond acceptors (Lipinski definition) is 5. The van der Waals surface area contributed by atoms with Gasteiger partial charge in [0.15, 0.2) is 5.82 Å². The molecule has 1 aliphatic carbocycles. The second-order valence-electron chi connectivity index (χ2n) is 5.73. The first-order valence-electron chi connectivity index (χ1n) is 7.72. The van der Waals surface area contributed by atoms with E-state index >= 15 is 0 Å². The van der Waals surface area contributed by atoms with Crippen LogP contribution in [0.1, 0.15) is 32.1 Å². The van der Waals surface area contributed by atoms with Crippen molar-refractivity contribution < 1.29 is 4.74 Å². The fourth-order valence-corrected chi connectivity index (χ4v) is 3.35. The molecule has 0 spiro atoms. The third-order valence-electron chi connectivity index (χ3n) is 4.54. The molecule has 0 amide bonds. The molecule has 1 saturated carbocycles. The van der Waals surface area contributed by atoms with E-state index in [1.165, 1.54) is 32.1 Å². The smallest absolute Gasteiger partial charge is 0.233 e. The minimum absolute atomic E-state index is 0.595. The van der Waals surface area contributed by atoms with E-state index in [9.17, 15) is 0 Å². The monoisotopic (exact) mass is 276 g/mol. The van der Waals surface area contributed by atoms with E-state index in [1.807, 2.05) is 6.20 Å². The minimum Gasteiger partial charge on any atom is -0.480 e. The third kappa shape index (κ3) is 3.03. The molecule has 0 atom stereocenters. The lowest BCUT2D eigenvalue weighted by atomic mass is 9.94. The van der Waals surface area contributed by atoms with Gasteiger partial charge in [-0.15, -0.1) is 0 Å². The minimum atomic E-state index is 0.595. The Morgan fingerprint density at radius 2 is 1.80 bits per heavy atom. The third-order valence-corrected chi connectivity index (χ3v) is 4.54. The molecule has 110 valence electrons. The van der Waals surface area contributed by atoms with Crippen molar-refractivity contribution in [2.75, 3.05) is 38.2 Å². The van der Waals surface area contributed by atoms with Crippen molar-refractivity contribution in [1.82, 2.24) is 14.9 Å². The maximum Gasteiger partial charge on any atom is 0.233 e. The van der Waals surface area contributed by atoms with E-state index in [1.54, 1.807) is 13.3 Å². The SMILES string of the molecule is COc1cncc(N2CCN(C3CCCCC3)CC2)n1. The summed E-state index contributed by atoms with van der Waals surface area (Å²) in [6.07, 6.45) is 10.5. The second kappa shape index (κ2) is 6.39. The number of rotatable bonds is 3. The Morgan fingerprint density at radius 1 is 1.05 bits per heavy atom. The Morgan fingerprint density at radius 3 is 2.50 bits per heavy atom. The van der Waals surface area contributed by atoms with E-state index in [-0.39, 0.29) is 0 Å². The Kier molecular flexibility index (Phi) is 4.35. The van der Waals surface area contributed by atoms with Crippen molar-refractivity contribution in [3.05, 3.63) is 12.4 Å². The summed E-state index contributed by atoms with van der Waals surface area (Å²) in [7, 11) is 1.63. The Labute approximate surface area is 121 Å². The van der Waals surface area contributed by atoms with E-state index in [2.05, 4.69) is 19.8 Å². The second-order valence-corrected chi connectivity index (χ2v) is 5.73. The number of nitrogens with zero attached hydrogens (tertiary/aromatic N) is 4. The maximum atomic E-state index is 5.15. The summed E-state index contributed by atoms with van der Waals surface area (Å²) in [4.78, 5) is 13.7. The van der Waals surface area contributed by atoms with Gasteiger partial charge in [-0.2, -0.15) is 4.98 Å². The summed E-state index contributed by atoms with van der Waals surface area (Å²) >= 11 is 0. The van der Waals surface area contributed by atoms with Gasteiger partial charge in [-0.25, -0.2) is 0 Å². The van der Waals surface area contributed by atoms with Gasteiger partial charge in [-0.1, -0.05) is 19.3 Å². The first-order valence-corrected chi connectivity index (χ1v) is 7.72. The molecule has 1 saturated heterocycles. The summed E-state index contributed by atoms with van der Waals surface area (Å²) in [6.45, 7) is 4.36. The van der Waals surface area contributed by atoms with Gasteiger partial charge in [0, 0.05) is 32.2 Å². The first-order chi connectivity index (χ1) is 9.86.